The number of nitrogens with zero attached hydrogens (tertiary/aromatic N) is 4. The second-order valence-electron chi connectivity index (χ2n) is 5.83. The van der Waals surface area contributed by atoms with Gasteiger partial charge in [-0.25, -0.2) is 0 Å². The lowest BCUT2D eigenvalue weighted by molar-refractivity contribution is -0.384. The summed E-state index contributed by atoms with van der Waals surface area (Å²) in [5.74, 6) is 2.97. The molecule has 3 rings (SSSR count). The molecule has 7 nitrogen and oxygen atoms in total. The van der Waals surface area contributed by atoms with Crippen LogP contribution in [0.5, 0.6) is 0 Å². The van der Waals surface area contributed by atoms with E-state index in [-0.39, 0.29) is 5.69 Å². The van der Waals surface area contributed by atoms with Crippen LogP contribution in [-0.4, -0.2) is 27.7 Å². The molecule has 0 N–H and O–H groups in total. The van der Waals surface area contributed by atoms with Crippen molar-refractivity contribution in [3.05, 3.63) is 34.4 Å². The number of hydrogen-bond donors (Lipinski definition) is 0. The van der Waals surface area contributed by atoms with E-state index >= 15 is 0 Å². The molecule has 0 atom stereocenters. The first kappa shape index (κ1) is 16.0. The normalized spacial score (nSPS) is 15.0. The van der Waals surface area contributed by atoms with E-state index in [4.69, 9.17) is 10.9 Å². The highest BCUT2D eigenvalue weighted by molar-refractivity contribution is 5.59. The SMILES string of the molecule is C#CCN(c1nc(-c2cccc([N+](=O)[O-])c2)no1)C1CCCCC1. The largest absolute Gasteiger partial charge is 0.325 e. The second kappa shape index (κ2) is 7.13. The maximum absolute atomic E-state index is 10.9. The van der Waals surface area contributed by atoms with Gasteiger partial charge in [0.15, 0.2) is 0 Å². The van der Waals surface area contributed by atoms with Gasteiger partial charge in [0.25, 0.3) is 5.69 Å². The van der Waals surface area contributed by atoms with Crippen molar-refractivity contribution >= 4 is 11.7 Å². The van der Waals surface area contributed by atoms with Crippen molar-refractivity contribution in [3.63, 3.8) is 0 Å². The highest BCUT2D eigenvalue weighted by atomic mass is 16.6. The van der Waals surface area contributed by atoms with Crippen molar-refractivity contribution in [2.45, 2.75) is 38.1 Å². The highest BCUT2D eigenvalue weighted by Gasteiger charge is 2.25. The average molecular weight is 326 g/mol. The van der Waals surface area contributed by atoms with Crippen molar-refractivity contribution in [1.29, 1.82) is 0 Å². The molecule has 2 aromatic rings. The topological polar surface area (TPSA) is 85.3 Å². The van der Waals surface area contributed by atoms with Gasteiger partial charge in [0, 0.05) is 23.7 Å². The van der Waals surface area contributed by atoms with Crippen LogP contribution in [0, 0.1) is 22.5 Å². The maximum atomic E-state index is 10.9. The van der Waals surface area contributed by atoms with Crippen LogP contribution in [0.15, 0.2) is 28.8 Å². The molecule has 1 aromatic carbocycles. The molecule has 1 fully saturated rings. The number of non-ortho nitro benzene ring substituents is 1. The van der Waals surface area contributed by atoms with E-state index in [0.29, 0.717) is 30.0 Å². The summed E-state index contributed by atoms with van der Waals surface area (Å²) in [6.07, 6.45) is 11.2. The van der Waals surface area contributed by atoms with Gasteiger partial charge >= 0.3 is 6.01 Å². The van der Waals surface area contributed by atoms with Crippen LogP contribution in [0.3, 0.4) is 0 Å². The standard InChI is InChI=1S/C17H18N4O3/c1-2-11-20(14-8-4-3-5-9-14)17-18-16(19-24-17)13-7-6-10-15(12-13)21(22)23/h1,6-7,10,12,14H,3-5,8-9,11H2. The first-order valence-corrected chi connectivity index (χ1v) is 7.97. The van der Waals surface area contributed by atoms with E-state index < -0.39 is 4.92 Å². The van der Waals surface area contributed by atoms with E-state index in [0.717, 1.165) is 25.7 Å². The van der Waals surface area contributed by atoms with Gasteiger partial charge in [0.05, 0.1) is 11.5 Å². The molecule has 0 bridgehead atoms. The Morgan fingerprint density at radius 1 is 1.38 bits per heavy atom. The summed E-state index contributed by atoms with van der Waals surface area (Å²) in [6.45, 7) is 0.404. The lowest BCUT2D eigenvalue weighted by Gasteiger charge is -2.31. The Morgan fingerprint density at radius 2 is 2.17 bits per heavy atom. The fraction of sp³-hybridized carbons (Fsp3) is 0.412. The van der Waals surface area contributed by atoms with E-state index in [9.17, 15) is 10.1 Å². The quantitative estimate of drug-likeness (QED) is 0.475. The molecule has 1 heterocycles. The third-order valence-electron chi connectivity index (χ3n) is 4.25. The van der Waals surface area contributed by atoms with Gasteiger partial charge in [0.1, 0.15) is 0 Å². The molecular weight excluding hydrogens is 308 g/mol. The van der Waals surface area contributed by atoms with Gasteiger partial charge in [-0.2, -0.15) is 4.98 Å². The maximum Gasteiger partial charge on any atom is 0.325 e. The van der Waals surface area contributed by atoms with Gasteiger partial charge in [-0.15, -0.1) is 6.42 Å². The minimum absolute atomic E-state index is 0.00777. The second-order valence-corrected chi connectivity index (χ2v) is 5.83. The Kier molecular flexibility index (Phi) is 4.75. The summed E-state index contributed by atoms with van der Waals surface area (Å²) in [5.41, 5.74) is 0.537. The van der Waals surface area contributed by atoms with Crippen molar-refractivity contribution in [2.24, 2.45) is 0 Å². The third kappa shape index (κ3) is 3.38. The van der Waals surface area contributed by atoms with Crippen molar-refractivity contribution in [1.82, 2.24) is 10.1 Å². The lowest BCUT2D eigenvalue weighted by atomic mass is 9.94. The molecule has 1 aliphatic rings. The number of aromatic nitrogens is 2. The molecule has 124 valence electrons. The zero-order valence-corrected chi connectivity index (χ0v) is 13.2. The van der Waals surface area contributed by atoms with E-state index in [1.807, 2.05) is 4.90 Å². The van der Waals surface area contributed by atoms with Crippen LogP contribution < -0.4 is 4.90 Å². The van der Waals surface area contributed by atoms with Crippen molar-refractivity contribution in [2.75, 3.05) is 11.4 Å². The average Bonchev–Trinajstić information content (AvgIpc) is 3.10. The Balaban J connectivity index is 1.86. The number of hydrogen-bond acceptors (Lipinski definition) is 6. The summed E-state index contributed by atoms with van der Waals surface area (Å²) in [7, 11) is 0. The smallest absolute Gasteiger partial charge is 0.315 e. The fourth-order valence-electron chi connectivity index (χ4n) is 3.05. The van der Waals surface area contributed by atoms with Gasteiger partial charge in [-0.1, -0.05) is 42.5 Å². The summed E-state index contributed by atoms with van der Waals surface area (Å²) < 4.78 is 5.39. The molecule has 0 radical (unpaired) electrons. The van der Waals surface area contributed by atoms with E-state index in [1.54, 1.807) is 12.1 Å². The first-order valence-electron chi connectivity index (χ1n) is 7.97. The molecule has 0 unspecified atom stereocenters. The monoisotopic (exact) mass is 326 g/mol. The van der Waals surface area contributed by atoms with Gasteiger partial charge in [-0.3, -0.25) is 10.1 Å². The van der Waals surface area contributed by atoms with E-state index in [1.165, 1.54) is 18.6 Å². The van der Waals surface area contributed by atoms with E-state index in [2.05, 4.69) is 16.1 Å². The molecule has 1 saturated carbocycles. The molecule has 1 aliphatic carbocycles. The van der Waals surface area contributed by atoms with Crippen LogP contribution in [0.2, 0.25) is 0 Å². The number of nitro benzene ring substituents is 1. The van der Waals surface area contributed by atoms with Crippen molar-refractivity contribution in [3.8, 4) is 23.7 Å². The lowest BCUT2D eigenvalue weighted by Crippen LogP contribution is -2.37. The zero-order valence-electron chi connectivity index (χ0n) is 13.2. The Bertz CT molecular complexity index is 759. The van der Waals surface area contributed by atoms with Crippen LogP contribution in [0.25, 0.3) is 11.4 Å². The number of rotatable bonds is 5. The number of terminal acetylenes is 1. The summed E-state index contributed by atoms with van der Waals surface area (Å²) in [4.78, 5) is 16.8. The first-order chi connectivity index (χ1) is 11.7. The fourth-order valence-corrected chi connectivity index (χ4v) is 3.05. The molecule has 0 amide bonds. The molecule has 0 saturated heterocycles. The Labute approximate surface area is 139 Å². The van der Waals surface area contributed by atoms with Crippen LogP contribution in [-0.2, 0) is 0 Å². The summed E-state index contributed by atoms with van der Waals surface area (Å²) in [6, 6.07) is 6.85. The number of anilines is 1. The molecule has 7 heteroatoms. The molecule has 1 aromatic heterocycles. The predicted octanol–water partition coefficient (Wildman–Crippen LogP) is 3.42. The molecule has 0 aliphatic heterocycles. The minimum atomic E-state index is -0.447. The zero-order chi connectivity index (χ0) is 16.9. The summed E-state index contributed by atoms with van der Waals surface area (Å²) in [5, 5.41) is 14.9. The Morgan fingerprint density at radius 3 is 2.88 bits per heavy atom. The Hall–Kier alpha value is -2.88. The highest BCUT2D eigenvalue weighted by Crippen LogP contribution is 2.28. The van der Waals surface area contributed by atoms with Crippen molar-refractivity contribution < 1.29 is 9.45 Å². The van der Waals surface area contributed by atoms with Crippen LogP contribution in [0.1, 0.15) is 32.1 Å². The number of benzene rings is 1. The van der Waals surface area contributed by atoms with Crippen LogP contribution in [0.4, 0.5) is 11.7 Å². The number of nitro groups is 1. The summed E-state index contributed by atoms with van der Waals surface area (Å²) >= 11 is 0. The van der Waals surface area contributed by atoms with Crippen LogP contribution >= 0.6 is 0 Å². The molecule has 24 heavy (non-hydrogen) atoms. The van der Waals surface area contributed by atoms with Gasteiger partial charge in [-0.05, 0) is 12.8 Å². The third-order valence-corrected chi connectivity index (χ3v) is 4.25. The van der Waals surface area contributed by atoms with Gasteiger partial charge in [0.2, 0.25) is 5.82 Å². The molecule has 0 spiro atoms. The molecular formula is C17H18N4O3. The predicted molar refractivity (Wildman–Crippen MR) is 89.4 cm³/mol. The minimum Gasteiger partial charge on any atom is -0.315 e. The van der Waals surface area contributed by atoms with Gasteiger partial charge < -0.3 is 9.42 Å².